The van der Waals surface area contributed by atoms with Gasteiger partial charge in [-0.05, 0) is 37.1 Å². The molecule has 0 atom stereocenters. The second-order valence-corrected chi connectivity index (χ2v) is 6.61. The molecule has 1 aliphatic rings. The van der Waals surface area contributed by atoms with Crippen molar-refractivity contribution in [2.75, 3.05) is 0 Å². The van der Waals surface area contributed by atoms with Crippen molar-refractivity contribution in [1.29, 1.82) is 0 Å². The first-order valence-corrected chi connectivity index (χ1v) is 8.45. The molecule has 2 aromatic heterocycles. The molecule has 2 aromatic rings. The van der Waals surface area contributed by atoms with Crippen LogP contribution in [0.2, 0.25) is 5.02 Å². The van der Waals surface area contributed by atoms with Crippen molar-refractivity contribution in [2.24, 2.45) is 0 Å². The molecule has 0 spiro atoms. The Balaban J connectivity index is 1.46. The number of amides is 1. The van der Waals surface area contributed by atoms with Crippen LogP contribution in [0.25, 0.3) is 0 Å². The summed E-state index contributed by atoms with van der Waals surface area (Å²) < 4.78 is 5.74. The van der Waals surface area contributed by atoms with Crippen molar-refractivity contribution in [1.82, 2.24) is 15.3 Å². The Labute approximate surface area is 137 Å². The third-order valence-electron chi connectivity index (χ3n) is 3.62. The first kappa shape index (κ1) is 15.2. The van der Waals surface area contributed by atoms with Crippen LogP contribution in [0.1, 0.15) is 35.4 Å². The van der Waals surface area contributed by atoms with Crippen LogP contribution in [0.5, 0.6) is 6.01 Å². The Morgan fingerprint density at radius 3 is 2.64 bits per heavy atom. The molecular weight excluding hydrogens is 322 g/mol. The van der Waals surface area contributed by atoms with Gasteiger partial charge in [-0.3, -0.25) is 4.79 Å². The summed E-state index contributed by atoms with van der Waals surface area (Å²) in [5.74, 6) is 0.0143. The van der Waals surface area contributed by atoms with Gasteiger partial charge in [0.15, 0.2) is 0 Å². The number of thiophene rings is 1. The van der Waals surface area contributed by atoms with Crippen molar-refractivity contribution in [3.8, 4) is 6.01 Å². The Bertz CT molecular complexity index is 610. The van der Waals surface area contributed by atoms with Crippen molar-refractivity contribution < 1.29 is 9.53 Å². The third kappa shape index (κ3) is 3.96. The molecule has 116 valence electrons. The highest BCUT2D eigenvalue weighted by atomic mass is 35.5. The first-order chi connectivity index (χ1) is 10.7. The fourth-order valence-corrected chi connectivity index (χ4v) is 3.22. The minimum Gasteiger partial charge on any atom is -0.460 e. The SMILES string of the molecule is O=C(NC1CCC(Oc2ncc(Cl)cn2)CC1)c1cccs1. The highest BCUT2D eigenvalue weighted by Gasteiger charge is 2.24. The number of nitrogens with zero attached hydrogens (tertiary/aromatic N) is 2. The van der Waals surface area contributed by atoms with E-state index in [0.717, 1.165) is 30.6 Å². The minimum atomic E-state index is 0.0143. The predicted molar refractivity (Wildman–Crippen MR) is 85.5 cm³/mol. The summed E-state index contributed by atoms with van der Waals surface area (Å²) in [6.45, 7) is 0. The van der Waals surface area contributed by atoms with E-state index in [0.29, 0.717) is 11.0 Å². The molecule has 2 heterocycles. The van der Waals surface area contributed by atoms with E-state index in [-0.39, 0.29) is 18.1 Å². The lowest BCUT2D eigenvalue weighted by atomic mass is 9.93. The van der Waals surface area contributed by atoms with Crippen LogP contribution in [0.15, 0.2) is 29.9 Å². The molecule has 1 saturated carbocycles. The molecule has 22 heavy (non-hydrogen) atoms. The number of hydrogen-bond donors (Lipinski definition) is 1. The van der Waals surface area contributed by atoms with Gasteiger partial charge in [-0.15, -0.1) is 11.3 Å². The Morgan fingerprint density at radius 1 is 1.27 bits per heavy atom. The zero-order valence-electron chi connectivity index (χ0n) is 11.9. The monoisotopic (exact) mass is 337 g/mol. The van der Waals surface area contributed by atoms with Crippen molar-refractivity contribution in [3.05, 3.63) is 39.8 Å². The summed E-state index contributed by atoms with van der Waals surface area (Å²) >= 11 is 7.20. The Hall–Kier alpha value is -1.66. The van der Waals surface area contributed by atoms with Crippen LogP contribution < -0.4 is 10.1 Å². The van der Waals surface area contributed by atoms with Crippen LogP contribution in [-0.4, -0.2) is 28.0 Å². The number of aromatic nitrogens is 2. The number of carbonyl (C=O) groups is 1. The van der Waals surface area contributed by atoms with E-state index >= 15 is 0 Å². The number of nitrogens with one attached hydrogen (secondary N) is 1. The van der Waals surface area contributed by atoms with Crippen LogP contribution >= 0.6 is 22.9 Å². The largest absolute Gasteiger partial charge is 0.460 e. The fourth-order valence-electron chi connectivity index (χ4n) is 2.50. The van der Waals surface area contributed by atoms with E-state index in [4.69, 9.17) is 16.3 Å². The molecule has 3 rings (SSSR count). The number of carbonyl (C=O) groups excluding carboxylic acids is 1. The third-order valence-corrected chi connectivity index (χ3v) is 4.69. The second-order valence-electron chi connectivity index (χ2n) is 5.23. The smallest absolute Gasteiger partial charge is 0.316 e. The first-order valence-electron chi connectivity index (χ1n) is 7.19. The average molecular weight is 338 g/mol. The van der Waals surface area contributed by atoms with Gasteiger partial charge in [-0.1, -0.05) is 17.7 Å². The lowest BCUT2D eigenvalue weighted by Crippen LogP contribution is -2.39. The molecule has 0 radical (unpaired) electrons. The Kier molecular flexibility index (Phi) is 4.90. The average Bonchev–Trinajstić information content (AvgIpc) is 3.06. The fraction of sp³-hybridized carbons (Fsp3) is 0.400. The lowest BCUT2D eigenvalue weighted by molar-refractivity contribution is 0.0889. The van der Waals surface area contributed by atoms with Gasteiger partial charge in [0, 0.05) is 6.04 Å². The van der Waals surface area contributed by atoms with E-state index < -0.39 is 0 Å². The summed E-state index contributed by atoms with van der Waals surface area (Å²) in [4.78, 5) is 20.9. The highest BCUT2D eigenvalue weighted by molar-refractivity contribution is 7.12. The molecule has 0 saturated heterocycles. The van der Waals surface area contributed by atoms with E-state index in [1.54, 1.807) is 0 Å². The molecule has 0 aliphatic heterocycles. The van der Waals surface area contributed by atoms with Gasteiger partial charge in [-0.25, -0.2) is 9.97 Å². The summed E-state index contributed by atoms with van der Waals surface area (Å²) in [6, 6.07) is 4.29. The van der Waals surface area contributed by atoms with Crippen molar-refractivity contribution in [2.45, 2.75) is 37.8 Å². The quantitative estimate of drug-likeness (QED) is 0.929. The topological polar surface area (TPSA) is 64.1 Å². The van der Waals surface area contributed by atoms with Crippen LogP contribution in [-0.2, 0) is 0 Å². The lowest BCUT2D eigenvalue weighted by Gasteiger charge is -2.28. The molecule has 1 N–H and O–H groups in total. The normalized spacial score (nSPS) is 21.3. The van der Waals surface area contributed by atoms with Crippen molar-refractivity contribution >= 4 is 28.8 Å². The standard InChI is InChI=1S/C15H16ClN3O2S/c16-10-8-17-15(18-9-10)21-12-5-3-11(4-6-12)19-14(20)13-2-1-7-22-13/h1-2,7-9,11-12H,3-6H2,(H,19,20). The summed E-state index contributed by atoms with van der Waals surface area (Å²) in [5.41, 5.74) is 0. The summed E-state index contributed by atoms with van der Waals surface area (Å²) in [5, 5.41) is 5.48. The maximum Gasteiger partial charge on any atom is 0.316 e. The number of ether oxygens (including phenoxy) is 1. The molecular formula is C15H16ClN3O2S. The molecule has 1 aliphatic carbocycles. The van der Waals surface area contributed by atoms with Gasteiger partial charge in [-0.2, -0.15) is 0 Å². The van der Waals surface area contributed by atoms with E-state index in [1.165, 1.54) is 23.7 Å². The molecule has 0 unspecified atom stereocenters. The van der Waals surface area contributed by atoms with Gasteiger partial charge in [0.25, 0.3) is 5.91 Å². The van der Waals surface area contributed by atoms with Gasteiger partial charge in [0.05, 0.1) is 22.3 Å². The number of hydrogen-bond acceptors (Lipinski definition) is 5. The molecule has 5 nitrogen and oxygen atoms in total. The van der Waals surface area contributed by atoms with Crippen LogP contribution in [0.3, 0.4) is 0 Å². The second kappa shape index (κ2) is 7.07. The summed E-state index contributed by atoms with van der Waals surface area (Å²) in [6.07, 6.45) is 6.69. The maximum absolute atomic E-state index is 12.0. The zero-order chi connectivity index (χ0) is 15.4. The zero-order valence-corrected chi connectivity index (χ0v) is 13.4. The van der Waals surface area contributed by atoms with Gasteiger partial charge >= 0.3 is 6.01 Å². The van der Waals surface area contributed by atoms with Gasteiger partial charge in [0.1, 0.15) is 6.10 Å². The van der Waals surface area contributed by atoms with Gasteiger partial charge < -0.3 is 10.1 Å². The highest BCUT2D eigenvalue weighted by Crippen LogP contribution is 2.23. The maximum atomic E-state index is 12.0. The number of rotatable bonds is 4. The van der Waals surface area contributed by atoms with Crippen molar-refractivity contribution in [3.63, 3.8) is 0 Å². The van der Waals surface area contributed by atoms with E-state index in [1.807, 2.05) is 17.5 Å². The molecule has 0 bridgehead atoms. The predicted octanol–water partition coefficient (Wildman–Crippen LogP) is 3.31. The van der Waals surface area contributed by atoms with E-state index in [9.17, 15) is 4.79 Å². The molecule has 1 amide bonds. The van der Waals surface area contributed by atoms with Crippen LogP contribution in [0.4, 0.5) is 0 Å². The number of halogens is 1. The van der Waals surface area contributed by atoms with E-state index in [2.05, 4.69) is 15.3 Å². The molecule has 7 heteroatoms. The molecule has 0 aromatic carbocycles. The Morgan fingerprint density at radius 2 is 2.00 bits per heavy atom. The minimum absolute atomic E-state index is 0.0143. The summed E-state index contributed by atoms with van der Waals surface area (Å²) in [7, 11) is 0. The van der Waals surface area contributed by atoms with Gasteiger partial charge in [0.2, 0.25) is 0 Å². The van der Waals surface area contributed by atoms with Crippen LogP contribution in [0, 0.1) is 0 Å². The molecule has 1 fully saturated rings.